The lowest BCUT2D eigenvalue weighted by atomic mass is 9.81. The largest absolute Gasteiger partial charge is 0.341 e. The molecule has 0 radical (unpaired) electrons. The number of aromatic nitrogens is 4. The normalized spacial score (nSPS) is 24.2. The average molecular weight is 567 g/mol. The van der Waals surface area contributed by atoms with E-state index in [0.29, 0.717) is 23.9 Å². The number of hydrogen-bond acceptors (Lipinski definition) is 4. The van der Waals surface area contributed by atoms with Gasteiger partial charge in [-0.25, -0.2) is 9.97 Å². The Balaban J connectivity index is 1.01. The highest BCUT2D eigenvalue weighted by Crippen LogP contribution is 2.58. The molecule has 4 aliphatic rings. The molecular formula is C37H38N6. The third kappa shape index (κ3) is 4.38. The van der Waals surface area contributed by atoms with E-state index in [9.17, 15) is 0 Å². The van der Waals surface area contributed by atoms with E-state index in [1.54, 1.807) is 11.1 Å². The van der Waals surface area contributed by atoms with E-state index in [4.69, 9.17) is 0 Å². The van der Waals surface area contributed by atoms with Crippen LogP contribution in [0, 0.1) is 0 Å². The SMILES string of the molecule is c1cc(-c2ccc(-c3ccc(-c4cnc(C5CCCN5)[nH]4)cc3)c3c2C2CCC3C2)ccc1-c1cnc(C2CCCN2)[nH]1. The van der Waals surface area contributed by atoms with Crippen molar-refractivity contribution in [2.75, 3.05) is 13.1 Å². The zero-order chi connectivity index (χ0) is 28.3. The molecule has 2 saturated heterocycles. The van der Waals surface area contributed by atoms with Crippen molar-refractivity contribution in [3.05, 3.63) is 95.8 Å². The molecule has 3 fully saturated rings. The molecule has 4 heterocycles. The Morgan fingerprint density at radius 3 is 1.37 bits per heavy atom. The molecular weight excluding hydrogens is 528 g/mol. The van der Waals surface area contributed by atoms with Crippen LogP contribution in [-0.4, -0.2) is 33.0 Å². The molecule has 9 rings (SSSR count). The summed E-state index contributed by atoms with van der Waals surface area (Å²) in [5, 5.41) is 7.08. The van der Waals surface area contributed by atoms with Gasteiger partial charge in [0.05, 0.1) is 35.9 Å². The van der Waals surface area contributed by atoms with Crippen LogP contribution in [0.4, 0.5) is 0 Å². The van der Waals surface area contributed by atoms with Crippen molar-refractivity contribution < 1.29 is 0 Å². The quantitative estimate of drug-likeness (QED) is 0.168. The first-order chi connectivity index (χ1) is 21.3. The van der Waals surface area contributed by atoms with E-state index in [2.05, 4.69) is 91.2 Å². The zero-order valence-corrected chi connectivity index (χ0v) is 24.5. The van der Waals surface area contributed by atoms with Crippen molar-refractivity contribution in [1.29, 1.82) is 0 Å². The van der Waals surface area contributed by atoms with Gasteiger partial charge in [0, 0.05) is 0 Å². The Bertz CT molecular complexity index is 1640. The lowest BCUT2D eigenvalue weighted by Crippen LogP contribution is -2.14. The zero-order valence-electron chi connectivity index (χ0n) is 24.5. The van der Waals surface area contributed by atoms with E-state index < -0.39 is 0 Å². The number of nitrogens with one attached hydrogen (secondary N) is 4. The summed E-state index contributed by atoms with van der Waals surface area (Å²) in [5.74, 6) is 3.47. The summed E-state index contributed by atoms with van der Waals surface area (Å²) in [6.45, 7) is 2.16. The standard InChI is InChI=1S/C37H38N6/c1-3-30(38-17-1)36-40-20-32(42-36)24-9-5-22(6-10-24)28-15-16-29(35-27-14-13-26(19-27)34(28)35)23-7-11-25(12-8-23)33-21-41-37(43-33)31-4-2-18-39-31/h5-12,15-16,20-21,26-27,30-31,38-39H,1-4,13-14,17-19H2,(H,40,42)(H,41,43). The van der Waals surface area contributed by atoms with Crippen molar-refractivity contribution in [2.24, 2.45) is 0 Å². The molecule has 6 nitrogen and oxygen atoms in total. The van der Waals surface area contributed by atoms with Gasteiger partial charge in [-0.2, -0.15) is 0 Å². The molecule has 2 aliphatic carbocycles. The first-order valence-corrected chi connectivity index (χ1v) is 16.2. The van der Waals surface area contributed by atoms with E-state index in [1.165, 1.54) is 65.5 Å². The third-order valence-electron chi connectivity index (χ3n) is 10.5. The highest BCUT2D eigenvalue weighted by molar-refractivity contribution is 5.82. The third-order valence-corrected chi connectivity index (χ3v) is 10.5. The maximum absolute atomic E-state index is 4.68. The number of rotatable bonds is 6. The lowest BCUT2D eigenvalue weighted by Gasteiger charge is -2.23. The smallest absolute Gasteiger partial charge is 0.123 e. The van der Waals surface area contributed by atoms with Gasteiger partial charge in [0.15, 0.2) is 0 Å². The van der Waals surface area contributed by atoms with Crippen molar-refractivity contribution in [1.82, 2.24) is 30.6 Å². The fraction of sp³-hybridized carbons (Fsp3) is 0.351. The first-order valence-electron chi connectivity index (χ1n) is 16.2. The van der Waals surface area contributed by atoms with Crippen LogP contribution in [0.25, 0.3) is 44.8 Å². The lowest BCUT2D eigenvalue weighted by molar-refractivity contribution is 0.613. The monoisotopic (exact) mass is 566 g/mol. The van der Waals surface area contributed by atoms with Crippen LogP contribution in [0.1, 0.15) is 91.6 Å². The maximum Gasteiger partial charge on any atom is 0.123 e. The summed E-state index contributed by atoms with van der Waals surface area (Å²) >= 11 is 0. The Morgan fingerprint density at radius 2 is 0.953 bits per heavy atom. The van der Waals surface area contributed by atoms with E-state index in [1.807, 2.05) is 12.4 Å². The van der Waals surface area contributed by atoms with Crippen LogP contribution in [-0.2, 0) is 0 Å². The van der Waals surface area contributed by atoms with Crippen LogP contribution < -0.4 is 10.6 Å². The first kappa shape index (κ1) is 25.5. The molecule has 4 unspecified atom stereocenters. The van der Waals surface area contributed by atoms with Crippen LogP contribution in [0.5, 0.6) is 0 Å². The molecule has 3 aromatic carbocycles. The number of hydrogen-bond donors (Lipinski definition) is 4. The molecule has 5 aromatic rings. The number of fused-ring (bicyclic) bond motifs is 5. The number of H-pyrrole nitrogens is 2. The van der Waals surface area contributed by atoms with Gasteiger partial charge in [-0.05, 0) is 114 Å². The van der Waals surface area contributed by atoms with Gasteiger partial charge in [0.2, 0.25) is 0 Å². The number of benzene rings is 3. The Morgan fingerprint density at radius 1 is 0.512 bits per heavy atom. The van der Waals surface area contributed by atoms with Gasteiger partial charge >= 0.3 is 0 Å². The van der Waals surface area contributed by atoms with Crippen LogP contribution in [0.3, 0.4) is 0 Å². The molecule has 1 saturated carbocycles. The molecule has 4 atom stereocenters. The minimum atomic E-state index is 0.359. The second-order valence-electron chi connectivity index (χ2n) is 13.0. The van der Waals surface area contributed by atoms with Gasteiger partial charge < -0.3 is 20.6 Å². The van der Waals surface area contributed by atoms with E-state index >= 15 is 0 Å². The van der Waals surface area contributed by atoms with Crippen LogP contribution >= 0.6 is 0 Å². The van der Waals surface area contributed by atoms with E-state index in [0.717, 1.165) is 49.0 Å². The molecule has 2 aliphatic heterocycles. The minimum absolute atomic E-state index is 0.359. The topological polar surface area (TPSA) is 81.4 Å². The number of nitrogens with zero attached hydrogens (tertiary/aromatic N) is 2. The predicted molar refractivity (Wildman–Crippen MR) is 172 cm³/mol. The number of imidazole rings is 2. The molecule has 0 spiro atoms. The van der Waals surface area contributed by atoms with Gasteiger partial charge in [0.1, 0.15) is 11.6 Å². The predicted octanol–water partition coefficient (Wildman–Crippen LogP) is 8.01. The van der Waals surface area contributed by atoms with Crippen LogP contribution in [0.15, 0.2) is 73.1 Å². The molecule has 43 heavy (non-hydrogen) atoms. The summed E-state index contributed by atoms with van der Waals surface area (Å²) < 4.78 is 0. The Kier molecular flexibility index (Phi) is 6.12. The summed E-state index contributed by atoms with van der Waals surface area (Å²) in [6.07, 6.45) is 12.6. The van der Waals surface area contributed by atoms with E-state index in [-0.39, 0.29) is 0 Å². The highest BCUT2D eigenvalue weighted by atomic mass is 15.0. The van der Waals surface area contributed by atoms with Gasteiger partial charge in [0.25, 0.3) is 0 Å². The second kappa shape index (κ2) is 10.3. The van der Waals surface area contributed by atoms with Gasteiger partial charge in [-0.15, -0.1) is 0 Å². The summed E-state index contributed by atoms with van der Waals surface area (Å²) in [4.78, 5) is 16.5. The second-order valence-corrected chi connectivity index (χ2v) is 13.0. The van der Waals surface area contributed by atoms with Crippen molar-refractivity contribution >= 4 is 0 Å². The number of aromatic amines is 2. The summed E-state index contributed by atoms with van der Waals surface area (Å²) in [6, 6.07) is 23.7. The maximum atomic E-state index is 4.68. The minimum Gasteiger partial charge on any atom is -0.341 e. The molecule has 216 valence electrons. The Labute approximate surface area is 252 Å². The van der Waals surface area contributed by atoms with Gasteiger partial charge in [-0.3, -0.25) is 0 Å². The molecule has 2 bridgehead atoms. The van der Waals surface area contributed by atoms with Crippen molar-refractivity contribution in [3.63, 3.8) is 0 Å². The van der Waals surface area contributed by atoms with Gasteiger partial charge in [-0.1, -0.05) is 60.7 Å². The average Bonchev–Trinajstić information content (AvgIpc) is 3.89. The summed E-state index contributed by atoms with van der Waals surface area (Å²) in [5.41, 5.74) is 13.3. The van der Waals surface area contributed by atoms with Crippen molar-refractivity contribution in [2.45, 2.75) is 68.9 Å². The van der Waals surface area contributed by atoms with Crippen molar-refractivity contribution in [3.8, 4) is 44.8 Å². The molecule has 6 heteroatoms. The fourth-order valence-corrected chi connectivity index (χ4v) is 8.34. The van der Waals surface area contributed by atoms with Crippen LogP contribution in [0.2, 0.25) is 0 Å². The fourth-order valence-electron chi connectivity index (χ4n) is 8.34. The summed E-state index contributed by atoms with van der Waals surface area (Å²) in [7, 11) is 0. The highest BCUT2D eigenvalue weighted by Gasteiger charge is 2.40. The molecule has 2 aromatic heterocycles. The molecule has 4 N–H and O–H groups in total. The Hall–Kier alpha value is -4.00. The molecule has 0 amide bonds.